The molecule has 1 saturated carbocycles. The predicted molar refractivity (Wildman–Crippen MR) is 117 cm³/mol. The Hall–Kier alpha value is -0.773. The molecular formula is C22H40O7Si. The number of carboxylic acids is 1. The largest absolute Gasteiger partial charge is 0.478 e. The van der Waals surface area contributed by atoms with Crippen LogP contribution in [-0.2, 0) is 28.2 Å². The molecule has 7 nitrogen and oxygen atoms in total. The molecule has 0 amide bonds. The smallest absolute Gasteiger partial charge is 0.328 e. The first-order valence-electron chi connectivity index (χ1n) is 10.9. The number of fused-ring (bicyclic) bond motifs is 1. The zero-order chi connectivity index (χ0) is 22.9. The Labute approximate surface area is 182 Å². The van der Waals surface area contributed by atoms with E-state index in [2.05, 4.69) is 33.9 Å². The summed E-state index contributed by atoms with van der Waals surface area (Å²) in [5.74, 6) is -1.96. The maximum Gasteiger partial charge on any atom is 0.328 e. The minimum atomic E-state index is -2.01. The molecule has 2 aliphatic rings. The van der Waals surface area contributed by atoms with Gasteiger partial charge in [0.25, 0.3) is 0 Å². The Bertz CT molecular complexity index is 638. The van der Waals surface area contributed by atoms with Gasteiger partial charge in [-0.3, -0.25) is 0 Å². The molecule has 1 N–H and O–H groups in total. The third kappa shape index (κ3) is 6.14. The van der Waals surface area contributed by atoms with Crippen LogP contribution >= 0.6 is 0 Å². The molecule has 1 saturated heterocycles. The SMILES string of the molecule is CCOC(C)OC1C/C(=C\C(=O)O)C(CO[Si](C)(C)C(C)(C)C)C2OC(C)(C)OC12. The van der Waals surface area contributed by atoms with Crippen molar-refractivity contribution >= 4 is 14.3 Å². The summed E-state index contributed by atoms with van der Waals surface area (Å²) >= 11 is 0. The highest BCUT2D eigenvalue weighted by molar-refractivity contribution is 6.74. The number of carbonyl (C=O) groups is 1. The number of carboxylic acid groups (broad SMARTS) is 1. The summed E-state index contributed by atoms with van der Waals surface area (Å²) in [5, 5.41) is 9.55. The van der Waals surface area contributed by atoms with Crippen molar-refractivity contribution in [2.45, 2.75) is 103 Å². The van der Waals surface area contributed by atoms with Gasteiger partial charge in [0.15, 0.2) is 20.4 Å². The van der Waals surface area contributed by atoms with E-state index in [0.717, 1.165) is 5.57 Å². The van der Waals surface area contributed by atoms with Gasteiger partial charge in [0.2, 0.25) is 0 Å². The third-order valence-electron chi connectivity index (χ3n) is 6.35. The van der Waals surface area contributed by atoms with Crippen LogP contribution in [0, 0.1) is 5.92 Å². The second-order valence-corrected chi connectivity index (χ2v) is 15.0. The van der Waals surface area contributed by atoms with Crippen LogP contribution in [0.2, 0.25) is 18.1 Å². The topological polar surface area (TPSA) is 83.5 Å². The van der Waals surface area contributed by atoms with E-state index in [1.807, 2.05) is 27.7 Å². The van der Waals surface area contributed by atoms with Crippen molar-refractivity contribution in [2.24, 2.45) is 5.92 Å². The molecule has 0 bridgehead atoms. The van der Waals surface area contributed by atoms with E-state index >= 15 is 0 Å². The van der Waals surface area contributed by atoms with Crippen molar-refractivity contribution in [1.82, 2.24) is 0 Å². The van der Waals surface area contributed by atoms with E-state index in [1.165, 1.54) is 6.08 Å². The van der Waals surface area contributed by atoms with Gasteiger partial charge in [0.05, 0.1) is 12.2 Å². The first-order chi connectivity index (χ1) is 13.7. The van der Waals surface area contributed by atoms with Gasteiger partial charge in [-0.25, -0.2) is 4.79 Å². The molecule has 0 radical (unpaired) electrons. The molecule has 8 heteroatoms. The van der Waals surface area contributed by atoms with Crippen LogP contribution in [0.15, 0.2) is 11.6 Å². The first kappa shape index (κ1) is 25.5. The Morgan fingerprint density at radius 2 is 1.90 bits per heavy atom. The van der Waals surface area contributed by atoms with Gasteiger partial charge in [0, 0.05) is 25.2 Å². The molecule has 2 fully saturated rings. The van der Waals surface area contributed by atoms with Gasteiger partial charge in [0.1, 0.15) is 6.10 Å². The quantitative estimate of drug-likeness (QED) is 0.339. The lowest BCUT2D eigenvalue weighted by Gasteiger charge is -2.42. The molecule has 0 spiro atoms. The predicted octanol–water partition coefficient (Wildman–Crippen LogP) is 4.33. The molecule has 5 unspecified atom stereocenters. The van der Waals surface area contributed by atoms with Crippen molar-refractivity contribution in [3.05, 3.63) is 11.6 Å². The molecule has 5 atom stereocenters. The number of ether oxygens (including phenoxy) is 4. The van der Waals surface area contributed by atoms with Crippen molar-refractivity contribution in [3.8, 4) is 0 Å². The number of hydrogen-bond donors (Lipinski definition) is 1. The lowest BCUT2D eigenvalue weighted by Crippen LogP contribution is -2.51. The molecule has 2 rings (SSSR count). The van der Waals surface area contributed by atoms with Crippen LogP contribution in [0.1, 0.15) is 54.9 Å². The van der Waals surface area contributed by atoms with Crippen molar-refractivity contribution < 1.29 is 33.3 Å². The van der Waals surface area contributed by atoms with Gasteiger partial charge in [-0.1, -0.05) is 26.3 Å². The van der Waals surface area contributed by atoms with E-state index in [0.29, 0.717) is 19.6 Å². The number of rotatable bonds is 8. The Morgan fingerprint density at radius 1 is 1.30 bits per heavy atom. The lowest BCUT2D eigenvalue weighted by molar-refractivity contribution is -0.201. The fourth-order valence-electron chi connectivity index (χ4n) is 3.81. The van der Waals surface area contributed by atoms with Gasteiger partial charge in [-0.05, 0) is 52.2 Å². The van der Waals surface area contributed by atoms with E-state index in [1.54, 1.807) is 0 Å². The Kier molecular flexibility index (Phi) is 7.97. The highest BCUT2D eigenvalue weighted by atomic mass is 28.4. The van der Waals surface area contributed by atoms with Gasteiger partial charge in [-0.2, -0.15) is 0 Å². The van der Waals surface area contributed by atoms with E-state index in [-0.39, 0.29) is 29.3 Å². The molecule has 1 aliphatic carbocycles. The highest BCUT2D eigenvalue weighted by Gasteiger charge is 2.54. The summed E-state index contributed by atoms with van der Waals surface area (Å²) in [6.45, 7) is 19.4. The molecule has 0 aromatic rings. The van der Waals surface area contributed by atoms with E-state index in [4.69, 9.17) is 23.4 Å². The fraction of sp³-hybridized carbons (Fsp3) is 0.864. The molecule has 1 aliphatic heterocycles. The lowest BCUT2D eigenvalue weighted by atomic mass is 9.78. The van der Waals surface area contributed by atoms with Crippen molar-refractivity contribution in [2.75, 3.05) is 13.2 Å². The van der Waals surface area contributed by atoms with Crippen molar-refractivity contribution in [1.29, 1.82) is 0 Å². The molecule has 1 heterocycles. The highest BCUT2D eigenvalue weighted by Crippen LogP contribution is 2.45. The van der Waals surface area contributed by atoms with Crippen LogP contribution in [0.25, 0.3) is 0 Å². The van der Waals surface area contributed by atoms with Gasteiger partial charge < -0.3 is 28.5 Å². The Balaban J connectivity index is 2.32. The molecule has 0 aromatic carbocycles. The summed E-state index contributed by atoms with van der Waals surface area (Å²) in [4.78, 5) is 11.6. The second-order valence-electron chi connectivity index (χ2n) is 10.2. The summed E-state index contributed by atoms with van der Waals surface area (Å²) in [7, 11) is -2.01. The van der Waals surface area contributed by atoms with Crippen LogP contribution in [0.3, 0.4) is 0 Å². The summed E-state index contributed by atoms with van der Waals surface area (Å²) in [6, 6.07) is 0. The van der Waals surface area contributed by atoms with Crippen LogP contribution in [0.4, 0.5) is 0 Å². The molecule has 0 aromatic heterocycles. The summed E-state index contributed by atoms with van der Waals surface area (Å²) in [6.07, 6.45) is 0.291. The average molecular weight is 445 g/mol. The van der Waals surface area contributed by atoms with E-state index in [9.17, 15) is 9.90 Å². The number of aliphatic carboxylic acids is 1. The van der Waals surface area contributed by atoms with Crippen molar-refractivity contribution in [3.63, 3.8) is 0 Å². The standard InChI is InChI=1S/C22H40O7Si/c1-10-25-14(2)27-17-11-15(12-18(23)24)16(13-26-30(8,9)21(3,4)5)19-20(17)29-22(6,7)28-19/h12,14,16-17,19-20H,10-11,13H2,1-9H3,(H,23,24)/b15-12+. The van der Waals surface area contributed by atoms with Gasteiger partial charge in [-0.15, -0.1) is 0 Å². The third-order valence-corrected chi connectivity index (χ3v) is 10.8. The normalized spacial score (nSPS) is 31.6. The maximum absolute atomic E-state index is 11.6. The van der Waals surface area contributed by atoms with Crippen LogP contribution < -0.4 is 0 Å². The molecular weight excluding hydrogens is 404 g/mol. The minimum Gasteiger partial charge on any atom is -0.478 e. The van der Waals surface area contributed by atoms with Crippen LogP contribution in [0.5, 0.6) is 0 Å². The monoisotopic (exact) mass is 444 g/mol. The number of hydrogen-bond acceptors (Lipinski definition) is 6. The fourth-order valence-corrected chi connectivity index (χ4v) is 4.84. The average Bonchev–Trinajstić information content (AvgIpc) is 2.88. The zero-order valence-electron chi connectivity index (χ0n) is 20.0. The zero-order valence-corrected chi connectivity index (χ0v) is 21.0. The van der Waals surface area contributed by atoms with Crippen LogP contribution in [-0.4, -0.2) is 63.0 Å². The summed E-state index contributed by atoms with van der Waals surface area (Å²) in [5.41, 5.74) is 0.762. The van der Waals surface area contributed by atoms with E-state index < -0.39 is 26.4 Å². The maximum atomic E-state index is 11.6. The first-order valence-corrected chi connectivity index (χ1v) is 13.8. The minimum absolute atomic E-state index is 0.0582. The Morgan fingerprint density at radius 3 is 2.43 bits per heavy atom. The van der Waals surface area contributed by atoms with Gasteiger partial charge >= 0.3 is 5.97 Å². The molecule has 30 heavy (non-hydrogen) atoms. The summed E-state index contributed by atoms with van der Waals surface area (Å²) < 4.78 is 30.6. The molecule has 174 valence electrons. The second kappa shape index (κ2) is 9.38.